The molecule has 1 rings (SSSR count). The molecule has 5 nitrogen and oxygen atoms in total. The molecule has 1 fully saturated rings. The highest BCUT2D eigenvalue weighted by molar-refractivity contribution is 5.82. The van der Waals surface area contributed by atoms with Crippen molar-refractivity contribution in [3.8, 4) is 0 Å². The number of nitrogens with zero attached hydrogens (tertiary/aromatic N) is 1. The van der Waals surface area contributed by atoms with Crippen molar-refractivity contribution >= 4 is 12.0 Å². The maximum absolute atomic E-state index is 11.8. The Labute approximate surface area is 95.8 Å². The molecule has 0 aromatic heterocycles. The highest BCUT2D eigenvalue weighted by Gasteiger charge is 2.30. The van der Waals surface area contributed by atoms with E-state index in [-0.39, 0.29) is 11.4 Å². The molecule has 0 aromatic carbocycles. The molecule has 1 saturated heterocycles. The second-order valence-electron chi connectivity index (χ2n) is 5.20. The third-order valence-electron chi connectivity index (χ3n) is 2.90. The minimum absolute atomic E-state index is 0.127. The average Bonchev–Trinajstić information content (AvgIpc) is 2.15. The van der Waals surface area contributed by atoms with Gasteiger partial charge in [0.25, 0.3) is 0 Å². The third kappa shape index (κ3) is 3.40. The van der Waals surface area contributed by atoms with Gasteiger partial charge in [-0.15, -0.1) is 0 Å². The van der Waals surface area contributed by atoms with Crippen molar-refractivity contribution < 1.29 is 14.7 Å². The maximum Gasteiger partial charge on any atom is 0.325 e. The van der Waals surface area contributed by atoms with E-state index in [0.29, 0.717) is 13.1 Å². The molecule has 0 radical (unpaired) electrons. The van der Waals surface area contributed by atoms with Gasteiger partial charge in [0.1, 0.15) is 6.04 Å². The molecule has 92 valence electrons. The Morgan fingerprint density at radius 2 is 2.06 bits per heavy atom. The summed E-state index contributed by atoms with van der Waals surface area (Å²) in [5, 5.41) is 11.2. The average molecular weight is 228 g/mol. The van der Waals surface area contributed by atoms with Gasteiger partial charge in [0, 0.05) is 13.1 Å². The van der Waals surface area contributed by atoms with E-state index in [2.05, 4.69) is 19.2 Å². The summed E-state index contributed by atoms with van der Waals surface area (Å²) in [5.74, 6) is -1.01. The zero-order chi connectivity index (χ0) is 12.3. The molecule has 0 bridgehead atoms. The molecular formula is C11H20N2O3. The van der Waals surface area contributed by atoms with Gasteiger partial charge in [0.2, 0.25) is 0 Å². The maximum atomic E-state index is 11.8. The number of rotatable bonds is 2. The number of piperidine rings is 1. The molecule has 2 N–H and O–H groups in total. The van der Waals surface area contributed by atoms with E-state index >= 15 is 0 Å². The van der Waals surface area contributed by atoms with E-state index in [4.69, 9.17) is 5.11 Å². The van der Waals surface area contributed by atoms with E-state index in [1.54, 1.807) is 4.90 Å². The number of aliphatic carboxylic acids is 1. The molecule has 1 heterocycles. The lowest BCUT2D eigenvalue weighted by atomic mass is 9.84. The predicted octanol–water partition coefficient (Wildman–Crippen LogP) is 1.29. The summed E-state index contributed by atoms with van der Waals surface area (Å²) >= 11 is 0. The Morgan fingerprint density at radius 3 is 2.56 bits per heavy atom. The fourth-order valence-corrected chi connectivity index (χ4v) is 1.93. The van der Waals surface area contributed by atoms with Crippen LogP contribution in [0.3, 0.4) is 0 Å². The number of hydrogen-bond acceptors (Lipinski definition) is 2. The molecule has 1 atom stereocenters. The number of likely N-dealkylation sites (tertiary alicyclic amines) is 1. The first kappa shape index (κ1) is 12.8. The number of urea groups is 1. The predicted molar refractivity (Wildman–Crippen MR) is 60.2 cm³/mol. The van der Waals surface area contributed by atoms with Gasteiger partial charge in [-0.05, 0) is 25.2 Å². The molecule has 1 aliphatic heterocycles. The molecule has 2 amide bonds. The Balaban J connectivity index is 2.51. The van der Waals surface area contributed by atoms with E-state index in [1.807, 2.05) is 0 Å². The Morgan fingerprint density at radius 1 is 1.44 bits per heavy atom. The smallest absolute Gasteiger partial charge is 0.325 e. The molecule has 0 aliphatic carbocycles. The second-order valence-corrected chi connectivity index (χ2v) is 5.20. The van der Waals surface area contributed by atoms with Gasteiger partial charge in [-0.1, -0.05) is 13.8 Å². The topological polar surface area (TPSA) is 69.6 Å². The number of carboxylic acids is 1. The highest BCUT2D eigenvalue weighted by atomic mass is 16.4. The van der Waals surface area contributed by atoms with Crippen LogP contribution in [0.2, 0.25) is 0 Å². The largest absolute Gasteiger partial charge is 0.480 e. The van der Waals surface area contributed by atoms with E-state index in [1.165, 1.54) is 6.92 Å². The van der Waals surface area contributed by atoms with Crippen molar-refractivity contribution in [1.29, 1.82) is 0 Å². The van der Waals surface area contributed by atoms with Gasteiger partial charge >= 0.3 is 12.0 Å². The van der Waals surface area contributed by atoms with Crippen LogP contribution < -0.4 is 5.32 Å². The van der Waals surface area contributed by atoms with E-state index < -0.39 is 12.0 Å². The Bertz CT molecular complexity index is 289. The van der Waals surface area contributed by atoms with Crippen molar-refractivity contribution in [2.45, 2.75) is 39.7 Å². The molecular weight excluding hydrogens is 208 g/mol. The number of carbonyl (C=O) groups is 2. The van der Waals surface area contributed by atoms with Crippen LogP contribution in [-0.4, -0.2) is 41.1 Å². The lowest BCUT2D eigenvalue weighted by Crippen LogP contribution is -2.51. The summed E-state index contributed by atoms with van der Waals surface area (Å²) in [5.41, 5.74) is 0.127. The first-order valence-electron chi connectivity index (χ1n) is 5.60. The van der Waals surface area contributed by atoms with Crippen molar-refractivity contribution in [1.82, 2.24) is 10.2 Å². The van der Waals surface area contributed by atoms with Crippen LogP contribution >= 0.6 is 0 Å². The number of nitrogens with one attached hydrogen (secondary N) is 1. The number of amides is 2. The molecule has 0 saturated carbocycles. The lowest BCUT2D eigenvalue weighted by molar-refractivity contribution is -0.138. The Kier molecular flexibility index (Phi) is 3.78. The number of carboxylic acid groups (broad SMARTS) is 1. The van der Waals surface area contributed by atoms with Gasteiger partial charge in [-0.3, -0.25) is 4.79 Å². The van der Waals surface area contributed by atoms with Crippen LogP contribution in [0, 0.1) is 5.41 Å². The zero-order valence-electron chi connectivity index (χ0n) is 10.1. The quantitative estimate of drug-likeness (QED) is 0.748. The van der Waals surface area contributed by atoms with Gasteiger partial charge in [0.15, 0.2) is 0 Å². The summed E-state index contributed by atoms with van der Waals surface area (Å²) in [6.07, 6.45) is 2.08. The first-order valence-corrected chi connectivity index (χ1v) is 5.60. The molecule has 1 aliphatic rings. The zero-order valence-corrected chi connectivity index (χ0v) is 10.1. The van der Waals surface area contributed by atoms with Crippen LogP contribution in [0.4, 0.5) is 4.79 Å². The van der Waals surface area contributed by atoms with E-state index in [9.17, 15) is 9.59 Å². The third-order valence-corrected chi connectivity index (χ3v) is 2.90. The van der Waals surface area contributed by atoms with Crippen molar-refractivity contribution in [3.05, 3.63) is 0 Å². The Hall–Kier alpha value is -1.26. The highest BCUT2D eigenvalue weighted by Crippen LogP contribution is 2.28. The summed E-state index contributed by atoms with van der Waals surface area (Å²) in [4.78, 5) is 24.1. The first-order chi connectivity index (χ1) is 7.32. The summed E-state index contributed by atoms with van der Waals surface area (Å²) in [7, 11) is 0. The lowest BCUT2D eigenvalue weighted by Gasteiger charge is -2.38. The van der Waals surface area contributed by atoms with E-state index in [0.717, 1.165) is 12.8 Å². The fourth-order valence-electron chi connectivity index (χ4n) is 1.93. The van der Waals surface area contributed by atoms with Crippen LogP contribution in [0.5, 0.6) is 0 Å². The van der Waals surface area contributed by atoms with Crippen molar-refractivity contribution in [2.75, 3.05) is 13.1 Å². The normalized spacial score (nSPS) is 21.3. The number of carbonyl (C=O) groups excluding carboxylic acids is 1. The molecule has 1 unspecified atom stereocenters. The van der Waals surface area contributed by atoms with Gasteiger partial charge in [-0.25, -0.2) is 4.79 Å². The van der Waals surface area contributed by atoms with Gasteiger partial charge in [0.05, 0.1) is 0 Å². The molecule has 0 spiro atoms. The number of hydrogen-bond donors (Lipinski definition) is 2. The standard InChI is InChI=1S/C11H20N2O3/c1-8(9(14)15)12-10(16)13-6-4-5-11(2,3)7-13/h8H,4-7H2,1-3H3,(H,12,16)(H,14,15). The van der Waals surface area contributed by atoms with Crippen molar-refractivity contribution in [2.24, 2.45) is 5.41 Å². The monoisotopic (exact) mass is 228 g/mol. The molecule has 0 aromatic rings. The van der Waals surface area contributed by atoms with Crippen LogP contribution in [0.1, 0.15) is 33.6 Å². The van der Waals surface area contributed by atoms with Crippen molar-refractivity contribution in [3.63, 3.8) is 0 Å². The minimum atomic E-state index is -1.01. The van der Waals surface area contributed by atoms with Crippen LogP contribution in [0.15, 0.2) is 0 Å². The second kappa shape index (κ2) is 4.72. The minimum Gasteiger partial charge on any atom is -0.480 e. The van der Waals surface area contributed by atoms with Crippen LogP contribution in [0.25, 0.3) is 0 Å². The summed E-state index contributed by atoms with van der Waals surface area (Å²) < 4.78 is 0. The van der Waals surface area contributed by atoms with Gasteiger partial charge in [-0.2, -0.15) is 0 Å². The SMILES string of the molecule is CC(NC(=O)N1CCCC(C)(C)C1)C(=O)O. The summed E-state index contributed by atoms with van der Waals surface area (Å²) in [6.45, 7) is 7.10. The summed E-state index contributed by atoms with van der Waals surface area (Å²) in [6, 6.07) is -1.11. The van der Waals surface area contributed by atoms with Crippen LogP contribution in [-0.2, 0) is 4.79 Å². The molecule has 5 heteroatoms. The molecule has 16 heavy (non-hydrogen) atoms. The van der Waals surface area contributed by atoms with Gasteiger partial charge < -0.3 is 15.3 Å². The fraction of sp³-hybridized carbons (Fsp3) is 0.818.